The van der Waals surface area contributed by atoms with Crippen LogP contribution in [0.25, 0.3) is 0 Å². The van der Waals surface area contributed by atoms with Crippen molar-refractivity contribution in [2.24, 2.45) is 4.99 Å². The molecule has 0 spiro atoms. The Bertz CT molecular complexity index is 567. The summed E-state index contributed by atoms with van der Waals surface area (Å²) in [7, 11) is 3.33. The topological polar surface area (TPSA) is 58.1 Å². The van der Waals surface area contributed by atoms with E-state index in [0.717, 1.165) is 50.1 Å². The van der Waals surface area contributed by atoms with E-state index in [0.29, 0.717) is 19.0 Å². The number of rotatable bonds is 9. The predicted octanol–water partition coefficient (Wildman–Crippen LogP) is 2.81. The van der Waals surface area contributed by atoms with E-state index in [-0.39, 0.29) is 30.7 Å². The zero-order valence-corrected chi connectivity index (χ0v) is 18.8. The first-order valence-corrected chi connectivity index (χ1v) is 9.23. The summed E-state index contributed by atoms with van der Waals surface area (Å²) in [6, 6.07) is 6.32. The van der Waals surface area contributed by atoms with Crippen LogP contribution in [0.3, 0.4) is 0 Å². The van der Waals surface area contributed by atoms with Gasteiger partial charge in [0.15, 0.2) is 5.96 Å². The third kappa shape index (κ3) is 8.08. The second-order valence-electron chi connectivity index (χ2n) is 6.39. The Balaban J connectivity index is 0.00000364. The van der Waals surface area contributed by atoms with Gasteiger partial charge in [-0.3, -0.25) is 14.3 Å². The van der Waals surface area contributed by atoms with Crippen LogP contribution in [0.5, 0.6) is 11.5 Å². The highest BCUT2D eigenvalue weighted by Crippen LogP contribution is 2.24. The first-order chi connectivity index (χ1) is 12.7. The van der Waals surface area contributed by atoms with Gasteiger partial charge in [0.1, 0.15) is 11.5 Å². The summed E-state index contributed by atoms with van der Waals surface area (Å²) in [6.45, 7) is 5.80. The molecule has 1 unspecified atom stereocenters. The minimum Gasteiger partial charge on any atom is -0.497 e. The maximum absolute atomic E-state index is 12.3. The van der Waals surface area contributed by atoms with Crippen molar-refractivity contribution in [3.05, 3.63) is 23.8 Å². The summed E-state index contributed by atoms with van der Waals surface area (Å²) < 4.78 is 23.0. The third-order valence-electron chi connectivity index (χ3n) is 4.34. The molecule has 0 radical (unpaired) electrons. The number of hydrogen-bond donors (Lipinski definition) is 2. The van der Waals surface area contributed by atoms with E-state index in [4.69, 9.17) is 9.47 Å². The van der Waals surface area contributed by atoms with Crippen LogP contribution in [-0.2, 0) is 6.54 Å². The van der Waals surface area contributed by atoms with E-state index in [1.54, 1.807) is 14.2 Å². The molecule has 1 fully saturated rings. The van der Waals surface area contributed by atoms with Gasteiger partial charge in [-0.1, -0.05) is 0 Å². The standard InChI is InChI=1S/C19H31FN4O2.HI/c1-4-21-19(22-8-5-7-20)23-16-6-9-24(14-16)13-15-10-17(25-2)12-18(11-15)26-3;/h10-12,16H,4-9,13-14H2,1-3H3,(H2,21,22,23);1H. The molecule has 2 rings (SSSR count). The molecule has 0 saturated carbocycles. The van der Waals surface area contributed by atoms with E-state index in [9.17, 15) is 4.39 Å². The monoisotopic (exact) mass is 494 g/mol. The van der Waals surface area contributed by atoms with Crippen molar-refractivity contribution < 1.29 is 13.9 Å². The van der Waals surface area contributed by atoms with Gasteiger partial charge in [0.2, 0.25) is 0 Å². The van der Waals surface area contributed by atoms with Crippen molar-refractivity contribution in [2.45, 2.75) is 32.4 Å². The molecule has 1 saturated heterocycles. The predicted molar refractivity (Wildman–Crippen MR) is 118 cm³/mol. The van der Waals surface area contributed by atoms with E-state index >= 15 is 0 Å². The number of likely N-dealkylation sites (tertiary alicyclic amines) is 1. The molecule has 8 heteroatoms. The molecule has 27 heavy (non-hydrogen) atoms. The van der Waals surface area contributed by atoms with Crippen LogP contribution in [0.1, 0.15) is 25.3 Å². The van der Waals surface area contributed by atoms with Crippen LogP contribution in [0.4, 0.5) is 4.39 Å². The Morgan fingerprint density at radius 3 is 2.56 bits per heavy atom. The number of aliphatic imine (C=N–C) groups is 1. The maximum atomic E-state index is 12.3. The molecule has 1 heterocycles. The number of nitrogens with one attached hydrogen (secondary N) is 2. The lowest BCUT2D eigenvalue weighted by Crippen LogP contribution is -2.44. The molecule has 0 bridgehead atoms. The number of alkyl halides is 1. The minimum absolute atomic E-state index is 0. The van der Waals surface area contributed by atoms with Gasteiger partial charge in [0.25, 0.3) is 0 Å². The highest BCUT2D eigenvalue weighted by Gasteiger charge is 2.23. The quantitative estimate of drug-likeness (QED) is 0.240. The Morgan fingerprint density at radius 1 is 1.26 bits per heavy atom. The number of nitrogens with zero attached hydrogens (tertiary/aromatic N) is 2. The average molecular weight is 494 g/mol. The third-order valence-corrected chi connectivity index (χ3v) is 4.34. The van der Waals surface area contributed by atoms with Gasteiger partial charge in [0.05, 0.1) is 20.9 Å². The Morgan fingerprint density at radius 2 is 1.96 bits per heavy atom. The summed E-state index contributed by atoms with van der Waals surface area (Å²) in [5.74, 6) is 2.39. The first kappa shape index (κ1) is 23.7. The van der Waals surface area contributed by atoms with Crippen molar-refractivity contribution in [2.75, 3.05) is 47.1 Å². The van der Waals surface area contributed by atoms with E-state index in [1.807, 2.05) is 25.1 Å². The van der Waals surface area contributed by atoms with Crippen LogP contribution in [0.15, 0.2) is 23.2 Å². The van der Waals surface area contributed by atoms with Crippen molar-refractivity contribution in [1.82, 2.24) is 15.5 Å². The smallest absolute Gasteiger partial charge is 0.191 e. The largest absolute Gasteiger partial charge is 0.497 e. The lowest BCUT2D eigenvalue weighted by molar-refractivity contribution is 0.321. The number of methoxy groups -OCH3 is 2. The summed E-state index contributed by atoms with van der Waals surface area (Å²) in [6.07, 6.45) is 1.51. The summed E-state index contributed by atoms with van der Waals surface area (Å²) in [4.78, 5) is 6.82. The van der Waals surface area contributed by atoms with Gasteiger partial charge in [-0.05, 0) is 37.5 Å². The summed E-state index contributed by atoms with van der Waals surface area (Å²) >= 11 is 0. The van der Waals surface area contributed by atoms with E-state index in [2.05, 4.69) is 20.5 Å². The van der Waals surface area contributed by atoms with Crippen molar-refractivity contribution in [3.63, 3.8) is 0 Å². The van der Waals surface area contributed by atoms with Gasteiger partial charge in [0, 0.05) is 44.8 Å². The highest BCUT2D eigenvalue weighted by molar-refractivity contribution is 14.0. The molecule has 0 amide bonds. The molecule has 0 aliphatic carbocycles. The van der Waals surface area contributed by atoms with Gasteiger partial charge in [-0.2, -0.15) is 0 Å². The fourth-order valence-electron chi connectivity index (χ4n) is 3.07. The molecule has 2 N–H and O–H groups in total. The number of guanidine groups is 1. The molecule has 154 valence electrons. The summed E-state index contributed by atoms with van der Waals surface area (Å²) in [5.41, 5.74) is 1.17. The summed E-state index contributed by atoms with van der Waals surface area (Å²) in [5, 5.41) is 6.69. The van der Waals surface area contributed by atoms with Gasteiger partial charge in [-0.15, -0.1) is 24.0 Å². The normalized spacial score (nSPS) is 17.3. The second-order valence-corrected chi connectivity index (χ2v) is 6.39. The van der Waals surface area contributed by atoms with Crippen molar-refractivity contribution in [1.29, 1.82) is 0 Å². The molecular formula is C19H32FIN4O2. The molecule has 1 aliphatic rings. The van der Waals surface area contributed by atoms with Crippen LogP contribution in [0, 0.1) is 0 Å². The van der Waals surface area contributed by atoms with Gasteiger partial charge >= 0.3 is 0 Å². The van der Waals surface area contributed by atoms with E-state index in [1.165, 1.54) is 5.56 Å². The van der Waals surface area contributed by atoms with Crippen LogP contribution in [0.2, 0.25) is 0 Å². The SMILES string of the molecule is CCNC(=NCCCF)NC1CCN(Cc2cc(OC)cc(OC)c2)C1.I. The van der Waals surface area contributed by atoms with Crippen molar-refractivity contribution in [3.8, 4) is 11.5 Å². The first-order valence-electron chi connectivity index (χ1n) is 9.23. The fourth-order valence-corrected chi connectivity index (χ4v) is 3.07. The molecule has 1 aromatic carbocycles. The molecule has 1 aliphatic heterocycles. The number of halogens is 2. The molecule has 1 aromatic rings. The van der Waals surface area contributed by atoms with Crippen LogP contribution >= 0.6 is 24.0 Å². The molecule has 6 nitrogen and oxygen atoms in total. The number of benzene rings is 1. The van der Waals surface area contributed by atoms with Gasteiger partial charge < -0.3 is 20.1 Å². The second kappa shape index (κ2) is 13.0. The Hall–Kier alpha value is -1.29. The van der Waals surface area contributed by atoms with E-state index < -0.39 is 0 Å². The lowest BCUT2D eigenvalue weighted by atomic mass is 10.2. The Kier molecular flexibility index (Phi) is 11.4. The maximum Gasteiger partial charge on any atom is 0.191 e. The molecule has 1 atom stereocenters. The highest BCUT2D eigenvalue weighted by atomic mass is 127. The Labute approximate surface area is 178 Å². The zero-order valence-electron chi connectivity index (χ0n) is 16.5. The minimum atomic E-state index is -0.329. The van der Waals surface area contributed by atoms with Crippen LogP contribution in [-0.4, -0.2) is 64.0 Å². The fraction of sp³-hybridized carbons (Fsp3) is 0.632. The lowest BCUT2D eigenvalue weighted by Gasteiger charge is -2.19. The number of ether oxygens (including phenoxy) is 2. The number of hydrogen-bond acceptors (Lipinski definition) is 4. The average Bonchev–Trinajstić information content (AvgIpc) is 3.08. The van der Waals surface area contributed by atoms with Gasteiger partial charge in [-0.25, -0.2) is 0 Å². The molecular weight excluding hydrogens is 462 g/mol. The zero-order chi connectivity index (χ0) is 18.8. The van der Waals surface area contributed by atoms with Crippen LogP contribution < -0.4 is 20.1 Å². The van der Waals surface area contributed by atoms with Crippen molar-refractivity contribution >= 4 is 29.9 Å². The molecule has 0 aromatic heterocycles.